The number of nitrogens with one attached hydrogen (secondary N) is 1. The van der Waals surface area contributed by atoms with E-state index in [1.807, 2.05) is 19.9 Å². The summed E-state index contributed by atoms with van der Waals surface area (Å²) >= 11 is 0. The average Bonchev–Trinajstić information content (AvgIpc) is 2.18. The van der Waals surface area contributed by atoms with Crippen LogP contribution in [0.3, 0.4) is 0 Å². The van der Waals surface area contributed by atoms with Crippen molar-refractivity contribution < 1.29 is 14.7 Å². The summed E-state index contributed by atoms with van der Waals surface area (Å²) in [5, 5.41) is 11.5. The quantitative estimate of drug-likeness (QED) is 0.814. The summed E-state index contributed by atoms with van der Waals surface area (Å²) in [5.74, 6) is -1.41. The number of carboxylic acids is 1. The molecule has 0 spiro atoms. The number of hydrogen-bond donors (Lipinski definition) is 2. The Morgan fingerprint density at radius 3 is 2.44 bits per heavy atom. The van der Waals surface area contributed by atoms with Crippen molar-refractivity contribution in [3.05, 3.63) is 34.9 Å². The topological polar surface area (TPSA) is 66.4 Å². The van der Waals surface area contributed by atoms with Gasteiger partial charge in [-0.3, -0.25) is 4.79 Å². The summed E-state index contributed by atoms with van der Waals surface area (Å²) in [6.45, 7) is 5.06. The number of carboxylic acid groups (broad SMARTS) is 1. The Morgan fingerprint density at radius 2 is 1.94 bits per heavy atom. The van der Waals surface area contributed by atoms with Crippen molar-refractivity contribution in [1.82, 2.24) is 5.32 Å². The molecule has 0 heterocycles. The fraction of sp³-hybridized carbons (Fsp3) is 0.333. The minimum Gasteiger partial charge on any atom is -0.479 e. The second-order valence-electron chi connectivity index (χ2n) is 3.76. The highest BCUT2D eigenvalue weighted by Gasteiger charge is 2.22. The summed E-state index contributed by atoms with van der Waals surface area (Å²) < 4.78 is 0. The zero-order valence-electron chi connectivity index (χ0n) is 9.57. The van der Waals surface area contributed by atoms with Gasteiger partial charge in [-0.2, -0.15) is 0 Å². The lowest BCUT2D eigenvalue weighted by Gasteiger charge is -2.17. The molecule has 0 radical (unpaired) electrons. The molecule has 4 nitrogen and oxygen atoms in total. The van der Waals surface area contributed by atoms with Crippen LogP contribution >= 0.6 is 0 Å². The summed E-state index contributed by atoms with van der Waals surface area (Å²) in [4.78, 5) is 22.0. The van der Waals surface area contributed by atoms with Crippen LogP contribution in [-0.4, -0.2) is 17.0 Å². The molecule has 16 heavy (non-hydrogen) atoms. The summed E-state index contributed by atoms with van der Waals surface area (Å²) in [6, 6.07) is 4.44. The zero-order valence-corrected chi connectivity index (χ0v) is 9.57. The van der Waals surface area contributed by atoms with Gasteiger partial charge in [0.2, 0.25) is 5.91 Å². The van der Waals surface area contributed by atoms with Crippen molar-refractivity contribution in [3.63, 3.8) is 0 Å². The molecule has 0 saturated heterocycles. The van der Waals surface area contributed by atoms with Crippen LogP contribution in [0.5, 0.6) is 0 Å². The number of rotatable bonds is 3. The highest BCUT2D eigenvalue weighted by atomic mass is 16.4. The van der Waals surface area contributed by atoms with Crippen LogP contribution in [0.25, 0.3) is 0 Å². The first kappa shape index (κ1) is 12.2. The Labute approximate surface area is 94.3 Å². The maximum atomic E-state index is 11.1. The van der Waals surface area contributed by atoms with E-state index in [1.54, 1.807) is 12.1 Å². The van der Waals surface area contributed by atoms with Gasteiger partial charge in [-0.15, -0.1) is 0 Å². The van der Waals surface area contributed by atoms with Crippen molar-refractivity contribution in [2.24, 2.45) is 0 Å². The third kappa shape index (κ3) is 2.59. The van der Waals surface area contributed by atoms with E-state index in [0.29, 0.717) is 5.56 Å². The first-order chi connectivity index (χ1) is 7.43. The molecule has 0 bridgehead atoms. The van der Waals surface area contributed by atoms with E-state index in [2.05, 4.69) is 5.32 Å². The largest absolute Gasteiger partial charge is 0.479 e. The lowest BCUT2D eigenvalue weighted by atomic mass is 9.97. The van der Waals surface area contributed by atoms with Crippen molar-refractivity contribution in [2.75, 3.05) is 0 Å². The van der Waals surface area contributed by atoms with Crippen LogP contribution in [0, 0.1) is 13.8 Å². The molecule has 0 aliphatic carbocycles. The normalized spacial score (nSPS) is 11.9. The Bertz CT molecular complexity index is 426. The molecule has 0 aromatic heterocycles. The third-order valence-electron chi connectivity index (χ3n) is 2.55. The molecule has 1 atom stereocenters. The lowest BCUT2D eigenvalue weighted by molar-refractivity contribution is -0.141. The second-order valence-corrected chi connectivity index (χ2v) is 3.76. The fourth-order valence-electron chi connectivity index (χ4n) is 1.56. The van der Waals surface area contributed by atoms with E-state index >= 15 is 0 Å². The molecule has 1 rings (SSSR count). The van der Waals surface area contributed by atoms with Crippen molar-refractivity contribution in [3.8, 4) is 0 Å². The molecule has 0 saturated carbocycles. The van der Waals surface area contributed by atoms with Gasteiger partial charge < -0.3 is 10.4 Å². The number of carbonyl (C=O) groups is 2. The van der Waals surface area contributed by atoms with E-state index in [9.17, 15) is 9.59 Å². The maximum Gasteiger partial charge on any atom is 0.330 e. The van der Waals surface area contributed by atoms with E-state index in [-0.39, 0.29) is 5.91 Å². The van der Waals surface area contributed by atoms with Gasteiger partial charge in [0.1, 0.15) is 0 Å². The number of amides is 1. The second kappa shape index (κ2) is 4.79. The Morgan fingerprint density at radius 1 is 1.31 bits per heavy atom. The van der Waals surface area contributed by atoms with E-state index in [0.717, 1.165) is 11.1 Å². The van der Waals surface area contributed by atoms with Crippen LogP contribution in [0.1, 0.15) is 29.7 Å². The van der Waals surface area contributed by atoms with Crippen LogP contribution in [0.4, 0.5) is 0 Å². The number of benzene rings is 1. The van der Waals surface area contributed by atoms with Crippen LogP contribution in [-0.2, 0) is 9.59 Å². The molecule has 1 aromatic rings. The monoisotopic (exact) mass is 221 g/mol. The van der Waals surface area contributed by atoms with Crippen LogP contribution < -0.4 is 5.32 Å². The molecule has 1 unspecified atom stereocenters. The molecular weight excluding hydrogens is 206 g/mol. The molecule has 2 N–H and O–H groups in total. The third-order valence-corrected chi connectivity index (χ3v) is 2.55. The van der Waals surface area contributed by atoms with Crippen molar-refractivity contribution in [1.29, 1.82) is 0 Å². The van der Waals surface area contributed by atoms with Gasteiger partial charge in [0.05, 0.1) is 0 Å². The number of aryl methyl sites for hydroxylation is 1. The van der Waals surface area contributed by atoms with E-state index in [4.69, 9.17) is 5.11 Å². The molecular formula is C12H15NO3. The molecule has 4 heteroatoms. The van der Waals surface area contributed by atoms with Gasteiger partial charge >= 0.3 is 5.97 Å². The summed E-state index contributed by atoms with van der Waals surface area (Å²) in [5.41, 5.74) is 2.53. The van der Waals surface area contributed by atoms with Gasteiger partial charge in [0, 0.05) is 6.92 Å². The first-order valence-corrected chi connectivity index (χ1v) is 4.99. The predicted octanol–water partition coefficient (Wildman–Crippen LogP) is 1.57. The predicted molar refractivity (Wildman–Crippen MR) is 60.1 cm³/mol. The van der Waals surface area contributed by atoms with Gasteiger partial charge in [-0.05, 0) is 30.5 Å². The van der Waals surface area contributed by atoms with E-state index in [1.165, 1.54) is 6.92 Å². The number of hydrogen-bond acceptors (Lipinski definition) is 2. The number of aliphatic carboxylic acids is 1. The molecule has 0 aliphatic rings. The average molecular weight is 221 g/mol. The molecule has 1 aromatic carbocycles. The Hall–Kier alpha value is -1.84. The van der Waals surface area contributed by atoms with E-state index < -0.39 is 12.0 Å². The van der Waals surface area contributed by atoms with Gasteiger partial charge in [-0.25, -0.2) is 4.79 Å². The first-order valence-electron chi connectivity index (χ1n) is 4.99. The van der Waals surface area contributed by atoms with Gasteiger partial charge in [0.25, 0.3) is 0 Å². The lowest BCUT2D eigenvalue weighted by Crippen LogP contribution is -2.32. The molecule has 1 amide bonds. The molecule has 86 valence electrons. The zero-order chi connectivity index (χ0) is 12.3. The van der Waals surface area contributed by atoms with Crippen LogP contribution in [0.2, 0.25) is 0 Å². The number of carbonyl (C=O) groups excluding carboxylic acids is 1. The minimum absolute atomic E-state index is 0.353. The van der Waals surface area contributed by atoms with Crippen molar-refractivity contribution in [2.45, 2.75) is 26.8 Å². The SMILES string of the molecule is CC(=O)NC(C(=O)O)c1cccc(C)c1C. The molecule has 0 fully saturated rings. The Kier molecular flexibility index (Phi) is 3.66. The van der Waals surface area contributed by atoms with Crippen LogP contribution in [0.15, 0.2) is 18.2 Å². The van der Waals surface area contributed by atoms with Crippen molar-refractivity contribution >= 4 is 11.9 Å². The smallest absolute Gasteiger partial charge is 0.330 e. The Balaban J connectivity index is 3.16. The standard InChI is InChI=1S/C12H15NO3/c1-7-5-4-6-10(8(7)2)11(12(15)16)13-9(3)14/h4-6,11H,1-3H3,(H,13,14)(H,15,16). The summed E-state index contributed by atoms with van der Waals surface area (Å²) in [6.07, 6.45) is 0. The maximum absolute atomic E-state index is 11.1. The van der Waals surface area contributed by atoms with Gasteiger partial charge in [0.15, 0.2) is 6.04 Å². The molecule has 0 aliphatic heterocycles. The fourth-order valence-corrected chi connectivity index (χ4v) is 1.56. The van der Waals surface area contributed by atoms with Gasteiger partial charge in [-0.1, -0.05) is 18.2 Å². The highest BCUT2D eigenvalue weighted by Crippen LogP contribution is 2.20. The summed E-state index contributed by atoms with van der Waals surface area (Å²) in [7, 11) is 0. The minimum atomic E-state index is -1.05. The highest BCUT2D eigenvalue weighted by molar-refractivity contribution is 5.83.